The normalized spacial score (nSPS) is 13.1. The lowest BCUT2D eigenvalue weighted by molar-refractivity contribution is -0.130. The highest BCUT2D eigenvalue weighted by Crippen LogP contribution is 2.40. The molecular weight excluding hydrogens is 366 g/mol. The van der Waals surface area contributed by atoms with Crippen LogP contribution in [0.1, 0.15) is 24.0 Å². The molecule has 0 bridgehead atoms. The number of H-pyrrole nitrogens is 1. The first-order valence-corrected chi connectivity index (χ1v) is 9.69. The summed E-state index contributed by atoms with van der Waals surface area (Å²) < 4.78 is 11.2. The average molecular weight is 396 g/mol. The number of benzene rings is 2. The molecule has 1 amide bonds. The van der Waals surface area contributed by atoms with E-state index in [0.29, 0.717) is 18.0 Å². The third-order valence-electron chi connectivity index (χ3n) is 5.24. The monoisotopic (exact) mass is 395 g/mol. The van der Waals surface area contributed by atoms with Gasteiger partial charge >= 0.3 is 0 Å². The second-order valence-corrected chi connectivity index (χ2v) is 7.29. The van der Waals surface area contributed by atoms with Crippen molar-refractivity contribution in [2.24, 2.45) is 0 Å². The van der Waals surface area contributed by atoms with E-state index in [0.717, 1.165) is 22.0 Å². The largest absolute Gasteiger partial charge is 0.493 e. The molecule has 3 rings (SSSR count). The summed E-state index contributed by atoms with van der Waals surface area (Å²) in [4.78, 5) is 17.3. The highest BCUT2D eigenvalue weighted by molar-refractivity contribution is 5.84. The molecular formula is C23H29N3O3. The smallest absolute Gasteiger partial charge is 0.238 e. The van der Waals surface area contributed by atoms with Gasteiger partial charge in [-0.3, -0.25) is 4.79 Å². The van der Waals surface area contributed by atoms with Gasteiger partial charge in [0.2, 0.25) is 5.91 Å². The number of hydrogen-bond donors (Lipinski definition) is 2. The van der Waals surface area contributed by atoms with Crippen LogP contribution in [0.3, 0.4) is 0 Å². The summed E-state index contributed by atoms with van der Waals surface area (Å²) in [7, 11) is 6.82. The zero-order valence-electron chi connectivity index (χ0n) is 17.7. The van der Waals surface area contributed by atoms with Gasteiger partial charge in [-0.25, -0.2) is 0 Å². The molecule has 29 heavy (non-hydrogen) atoms. The number of likely N-dealkylation sites (N-methyl/N-ethyl adjacent to an activating group) is 1. The van der Waals surface area contributed by atoms with Crippen LogP contribution in [0.25, 0.3) is 10.9 Å². The van der Waals surface area contributed by atoms with Gasteiger partial charge in [-0.15, -0.1) is 0 Å². The van der Waals surface area contributed by atoms with Crippen LogP contribution in [0.2, 0.25) is 0 Å². The maximum absolute atomic E-state index is 12.3. The first-order valence-electron chi connectivity index (χ1n) is 9.69. The predicted molar refractivity (Wildman–Crippen MR) is 116 cm³/mol. The summed E-state index contributed by atoms with van der Waals surface area (Å²) in [6, 6.07) is 13.8. The van der Waals surface area contributed by atoms with Gasteiger partial charge in [-0.05, 0) is 24.6 Å². The maximum Gasteiger partial charge on any atom is 0.238 e. The molecule has 0 spiro atoms. The molecule has 0 aliphatic heterocycles. The Bertz CT molecular complexity index is 980. The molecule has 0 unspecified atom stereocenters. The molecule has 2 aromatic carbocycles. The number of rotatable bonds is 8. The van der Waals surface area contributed by atoms with Crippen molar-refractivity contribution in [1.82, 2.24) is 15.2 Å². The third-order valence-corrected chi connectivity index (χ3v) is 5.24. The van der Waals surface area contributed by atoms with Crippen molar-refractivity contribution in [3.05, 3.63) is 59.8 Å². The minimum absolute atomic E-state index is 0.0337. The van der Waals surface area contributed by atoms with E-state index in [1.165, 1.54) is 0 Å². The fourth-order valence-electron chi connectivity index (χ4n) is 3.73. The number of aromatic nitrogens is 1. The Labute approximate surface area is 171 Å². The summed E-state index contributed by atoms with van der Waals surface area (Å²) in [6.45, 7) is 2.46. The molecule has 1 aromatic heterocycles. The Morgan fingerprint density at radius 1 is 1.07 bits per heavy atom. The lowest BCUT2D eigenvalue weighted by Crippen LogP contribution is -2.43. The van der Waals surface area contributed by atoms with Crippen LogP contribution >= 0.6 is 0 Å². The lowest BCUT2D eigenvalue weighted by Gasteiger charge is -2.24. The van der Waals surface area contributed by atoms with Gasteiger partial charge in [0.15, 0.2) is 11.5 Å². The molecule has 0 saturated heterocycles. The van der Waals surface area contributed by atoms with Crippen LogP contribution < -0.4 is 14.8 Å². The highest BCUT2D eigenvalue weighted by Gasteiger charge is 2.25. The van der Waals surface area contributed by atoms with E-state index in [1.54, 1.807) is 33.2 Å². The summed E-state index contributed by atoms with van der Waals surface area (Å²) in [5.41, 5.74) is 3.23. The number of hydrogen-bond acceptors (Lipinski definition) is 4. The van der Waals surface area contributed by atoms with E-state index in [1.807, 2.05) is 43.5 Å². The van der Waals surface area contributed by atoms with E-state index in [9.17, 15) is 4.79 Å². The number of ether oxygens (including phenoxy) is 2. The highest BCUT2D eigenvalue weighted by atomic mass is 16.5. The minimum Gasteiger partial charge on any atom is -0.493 e. The van der Waals surface area contributed by atoms with E-state index < -0.39 is 0 Å². The number of amides is 1. The molecule has 154 valence electrons. The van der Waals surface area contributed by atoms with Crippen molar-refractivity contribution in [1.29, 1.82) is 0 Å². The molecule has 2 N–H and O–H groups in total. The van der Waals surface area contributed by atoms with Crippen LogP contribution in [-0.4, -0.2) is 56.7 Å². The van der Waals surface area contributed by atoms with Gasteiger partial charge in [0.25, 0.3) is 0 Å². The molecule has 0 radical (unpaired) electrons. The zero-order valence-corrected chi connectivity index (χ0v) is 17.7. The number of fused-ring (bicyclic) bond motifs is 1. The minimum atomic E-state index is -0.297. The van der Waals surface area contributed by atoms with Crippen molar-refractivity contribution >= 4 is 16.8 Å². The van der Waals surface area contributed by atoms with Gasteiger partial charge in [0, 0.05) is 49.2 Å². The lowest BCUT2D eigenvalue weighted by atomic mass is 9.89. The van der Waals surface area contributed by atoms with E-state index in [2.05, 4.69) is 22.4 Å². The van der Waals surface area contributed by atoms with Crippen LogP contribution in [0, 0.1) is 0 Å². The van der Waals surface area contributed by atoms with Gasteiger partial charge in [0.05, 0.1) is 20.3 Å². The Balaban J connectivity index is 2.04. The van der Waals surface area contributed by atoms with Gasteiger partial charge in [0.1, 0.15) is 0 Å². The van der Waals surface area contributed by atoms with Crippen molar-refractivity contribution in [3.8, 4) is 11.5 Å². The first-order chi connectivity index (χ1) is 14.0. The molecule has 0 fully saturated rings. The SMILES string of the molecule is COc1cccc([C@@H](CN[C@@H](C)C(=O)N(C)C)c2c[nH]c3ccccc23)c1OC. The number of carbonyl (C=O) groups is 1. The maximum atomic E-state index is 12.3. The summed E-state index contributed by atoms with van der Waals surface area (Å²) in [5, 5.41) is 4.55. The second kappa shape index (κ2) is 9.01. The van der Waals surface area contributed by atoms with Crippen molar-refractivity contribution < 1.29 is 14.3 Å². The number of carbonyl (C=O) groups excluding carboxylic acids is 1. The average Bonchev–Trinajstić information content (AvgIpc) is 3.16. The first kappa shape index (κ1) is 20.7. The third kappa shape index (κ3) is 4.22. The Hall–Kier alpha value is -2.99. The number of para-hydroxylation sites is 2. The summed E-state index contributed by atoms with van der Waals surface area (Å²) in [5.74, 6) is 1.40. The standard InChI is InChI=1S/C23H29N3O3/c1-15(23(27)26(2)3)24-13-19(17-10-8-12-21(28-4)22(17)29-5)18-14-25-20-11-7-6-9-16(18)20/h6-12,14-15,19,24-25H,13H2,1-5H3/t15-,19+/m0/s1. The van der Waals surface area contributed by atoms with Crippen LogP contribution in [0.15, 0.2) is 48.7 Å². The quantitative estimate of drug-likeness (QED) is 0.614. The van der Waals surface area contributed by atoms with Crippen LogP contribution in [-0.2, 0) is 4.79 Å². The zero-order chi connectivity index (χ0) is 21.0. The molecule has 6 nitrogen and oxygen atoms in total. The molecule has 0 aliphatic carbocycles. The second-order valence-electron chi connectivity index (χ2n) is 7.29. The van der Waals surface area contributed by atoms with Crippen LogP contribution in [0.5, 0.6) is 11.5 Å². The van der Waals surface area contributed by atoms with Crippen LogP contribution in [0.4, 0.5) is 0 Å². The fourth-order valence-corrected chi connectivity index (χ4v) is 3.73. The number of aromatic amines is 1. The summed E-state index contributed by atoms with van der Waals surface area (Å²) >= 11 is 0. The Morgan fingerprint density at radius 2 is 1.83 bits per heavy atom. The van der Waals surface area contributed by atoms with Gasteiger partial charge < -0.3 is 24.7 Å². The Kier molecular flexibility index (Phi) is 6.44. The van der Waals surface area contributed by atoms with Gasteiger partial charge in [-0.1, -0.05) is 30.3 Å². The van der Waals surface area contributed by atoms with E-state index in [4.69, 9.17) is 9.47 Å². The number of nitrogens with zero attached hydrogens (tertiary/aromatic N) is 1. The Morgan fingerprint density at radius 3 is 2.52 bits per heavy atom. The predicted octanol–water partition coefficient (Wildman–Crippen LogP) is 3.38. The van der Waals surface area contributed by atoms with Crippen molar-refractivity contribution in [2.45, 2.75) is 18.9 Å². The molecule has 3 aromatic rings. The molecule has 1 heterocycles. The topological polar surface area (TPSA) is 66.6 Å². The molecule has 6 heteroatoms. The van der Waals surface area contributed by atoms with Gasteiger partial charge in [-0.2, -0.15) is 0 Å². The molecule has 0 aliphatic rings. The summed E-state index contributed by atoms with van der Waals surface area (Å²) in [6.07, 6.45) is 2.04. The number of methoxy groups -OCH3 is 2. The fraction of sp³-hybridized carbons (Fsp3) is 0.348. The number of nitrogens with one attached hydrogen (secondary N) is 2. The molecule has 0 saturated carbocycles. The van der Waals surface area contributed by atoms with E-state index in [-0.39, 0.29) is 17.9 Å². The van der Waals surface area contributed by atoms with Crippen molar-refractivity contribution in [2.75, 3.05) is 34.9 Å². The van der Waals surface area contributed by atoms with Crippen molar-refractivity contribution in [3.63, 3.8) is 0 Å². The van der Waals surface area contributed by atoms with E-state index >= 15 is 0 Å². The molecule has 2 atom stereocenters.